The zero-order valence-electron chi connectivity index (χ0n) is 5.60. The van der Waals surface area contributed by atoms with Crippen LogP contribution in [0.5, 0.6) is 0 Å². The number of hydrogen-bond donors (Lipinski definition) is 4. The summed E-state index contributed by atoms with van der Waals surface area (Å²) in [6.45, 7) is 0. The Morgan fingerprint density at radius 2 is 1.73 bits per heavy atom. The molecule has 0 aliphatic carbocycles. The number of rotatable bonds is 4. The summed E-state index contributed by atoms with van der Waals surface area (Å²) in [5.74, 6) is -2.55. The minimum absolute atomic E-state index is 0.579. The highest BCUT2D eigenvalue weighted by atomic mass is 16.4. The maximum Gasteiger partial charge on any atom is 0.332 e. The fourth-order valence-electron chi connectivity index (χ4n) is 0.428. The number of carbonyl (C=O) groups is 2. The van der Waals surface area contributed by atoms with Crippen molar-refractivity contribution >= 4 is 11.9 Å². The Morgan fingerprint density at radius 1 is 1.27 bits per heavy atom. The summed E-state index contributed by atoms with van der Waals surface area (Å²) in [6.07, 6.45) is -3.94. The number of amides is 1. The van der Waals surface area contributed by atoms with Crippen LogP contribution in [0, 0.1) is 0 Å². The van der Waals surface area contributed by atoms with Gasteiger partial charge in [0.15, 0.2) is 6.10 Å². The molecule has 2 atom stereocenters. The lowest BCUT2D eigenvalue weighted by Gasteiger charge is -2.07. The monoisotopic (exact) mass is 163 g/mol. The average Bonchev–Trinajstić information content (AvgIpc) is 1.87. The summed E-state index contributed by atoms with van der Waals surface area (Å²) in [5.41, 5.74) is 4.59. The first-order valence-corrected chi connectivity index (χ1v) is 2.83. The molecule has 0 aliphatic rings. The highest BCUT2D eigenvalue weighted by Crippen LogP contribution is 1.97. The normalized spacial score (nSPS) is 15.5. The molecule has 6 heteroatoms. The quantitative estimate of drug-likeness (QED) is 0.370. The van der Waals surface area contributed by atoms with Gasteiger partial charge in [0.05, 0.1) is 0 Å². The number of carboxylic acid groups (broad SMARTS) is 1. The van der Waals surface area contributed by atoms with Crippen molar-refractivity contribution in [2.24, 2.45) is 5.73 Å². The highest BCUT2D eigenvalue weighted by Gasteiger charge is 2.21. The third-order valence-corrected chi connectivity index (χ3v) is 1.06. The van der Waals surface area contributed by atoms with Gasteiger partial charge in [0.2, 0.25) is 5.91 Å². The summed E-state index contributed by atoms with van der Waals surface area (Å²) in [5, 5.41) is 25.3. The molecule has 0 aromatic heterocycles. The molecular weight excluding hydrogens is 154 g/mol. The van der Waals surface area contributed by atoms with Gasteiger partial charge in [-0.1, -0.05) is 0 Å². The second kappa shape index (κ2) is 3.89. The maximum atomic E-state index is 10.1. The third kappa shape index (κ3) is 3.54. The van der Waals surface area contributed by atoms with Crippen molar-refractivity contribution in [3.63, 3.8) is 0 Å². The van der Waals surface area contributed by atoms with Crippen molar-refractivity contribution in [3.8, 4) is 0 Å². The predicted molar refractivity (Wildman–Crippen MR) is 33.5 cm³/mol. The minimum atomic E-state index is -1.75. The lowest BCUT2D eigenvalue weighted by atomic mass is 10.1. The van der Waals surface area contributed by atoms with Crippen molar-refractivity contribution in [1.82, 2.24) is 0 Å². The van der Waals surface area contributed by atoms with Crippen LogP contribution in [-0.4, -0.2) is 39.4 Å². The van der Waals surface area contributed by atoms with E-state index in [0.29, 0.717) is 0 Å². The van der Waals surface area contributed by atoms with Crippen molar-refractivity contribution in [3.05, 3.63) is 0 Å². The molecule has 0 bridgehead atoms. The Labute approximate surface area is 62.2 Å². The van der Waals surface area contributed by atoms with Crippen LogP contribution in [0.25, 0.3) is 0 Å². The summed E-state index contributed by atoms with van der Waals surface area (Å²) in [7, 11) is 0. The fraction of sp³-hybridized carbons (Fsp3) is 0.600. The number of primary amides is 1. The van der Waals surface area contributed by atoms with Crippen LogP contribution in [0.2, 0.25) is 0 Å². The van der Waals surface area contributed by atoms with Gasteiger partial charge in [0.25, 0.3) is 0 Å². The predicted octanol–water partition coefficient (Wildman–Crippen LogP) is -2.33. The maximum absolute atomic E-state index is 10.1. The molecule has 0 saturated carbocycles. The first kappa shape index (κ1) is 9.86. The van der Waals surface area contributed by atoms with E-state index in [9.17, 15) is 9.59 Å². The van der Waals surface area contributed by atoms with Gasteiger partial charge >= 0.3 is 5.97 Å². The Hall–Kier alpha value is -1.14. The molecule has 0 aliphatic heterocycles. The van der Waals surface area contributed by atoms with Gasteiger partial charge in [-0.2, -0.15) is 0 Å². The summed E-state index contributed by atoms with van der Waals surface area (Å²) in [4.78, 5) is 20.1. The van der Waals surface area contributed by atoms with Gasteiger partial charge in [-0.05, 0) is 0 Å². The molecule has 6 nitrogen and oxygen atoms in total. The minimum Gasteiger partial charge on any atom is -0.479 e. The molecule has 2 unspecified atom stereocenters. The Balaban J connectivity index is 3.84. The van der Waals surface area contributed by atoms with Crippen molar-refractivity contribution in [2.45, 2.75) is 18.6 Å². The smallest absolute Gasteiger partial charge is 0.332 e. The molecule has 1 amide bonds. The standard InChI is InChI=1S/C5H9NO5/c6-4(9)2(7)1-3(8)5(10)11/h2-3,7-8H,1H2,(H2,6,9)(H,10,11). The van der Waals surface area contributed by atoms with Crippen LogP contribution in [-0.2, 0) is 9.59 Å². The van der Waals surface area contributed by atoms with E-state index in [-0.39, 0.29) is 0 Å². The largest absolute Gasteiger partial charge is 0.479 e. The molecule has 5 N–H and O–H groups in total. The lowest BCUT2D eigenvalue weighted by Crippen LogP contribution is -2.34. The van der Waals surface area contributed by atoms with Crippen molar-refractivity contribution in [1.29, 1.82) is 0 Å². The molecule has 0 radical (unpaired) electrons. The van der Waals surface area contributed by atoms with Crippen LogP contribution in [0.4, 0.5) is 0 Å². The molecular formula is C5H9NO5. The zero-order chi connectivity index (χ0) is 9.02. The van der Waals surface area contributed by atoms with E-state index in [4.69, 9.17) is 15.3 Å². The average molecular weight is 163 g/mol. The van der Waals surface area contributed by atoms with E-state index < -0.39 is 30.5 Å². The van der Waals surface area contributed by atoms with E-state index in [1.54, 1.807) is 0 Å². The number of hydrogen-bond acceptors (Lipinski definition) is 4. The van der Waals surface area contributed by atoms with Gasteiger partial charge < -0.3 is 21.1 Å². The van der Waals surface area contributed by atoms with Gasteiger partial charge in [-0.15, -0.1) is 0 Å². The second-order valence-corrected chi connectivity index (χ2v) is 2.01. The van der Waals surface area contributed by atoms with Gasteiger partial charge in [-0.3, -0.25) is 4.79 Å². The Bertz CT molecular complexity index is 150. The van der Waals surface area contributed by atoms with Gasteiger partial charge in [0.1, 0.15) is 6.10 Å². The van der Waals surface area contributed by atoms with Gasteiger partial charge in [-0.25, -0.2) is 4.79 Å². The van der Waals surface area contributed by atoms with Crippen molar-refractivity contribution in [2.75, 3.05) is 0 Å². The van der Waals surface area contributed by atoms with Gasteiger partial charge in [0, 0.05) is 6.42 Å². The van der Waals surface area contributed by atoms with Crippen LogP contribution in [0.3, 0.4) is 0 Å². The van der Waals surface area contributed by atoms with Crippen LogP contribution < -0.4 is 5.73 Å². The van der Waals surface area contributed by atoms with E-state index in [0.717, 1.165) is 0 Å². The molecule has 64 valence electrons. The van der Waals surface area contributed by atoms with Crippen LogP contribution in [0.1, 0.15) is 6.42 Å². The molecule has 0 spiro atoms. The molecule has 0 fully saturated rings. The van der Waals surface area contributed by atoms with Crippen molar-refractivity contribution < 1.29 is 24.9 Å². The Morgan fingerprint density at radius 3 is 2.00 bits per heavy atom. The van der Waals surface area contributed by atoms with Crippen LogP contribution >= 0.6 is 0 Å². The molecule has 0 rings (SSSR count). The number of aliphatic hydroxyl groups excluding tert-OH is 2. The van der Waals surface area contributed by atoms with E-state index in [1.165, 1.54) is 0 Å². The van der Waals surface area contributed by atoms with Crippen LogP contribution in [0.15, 0.2) is 0 Å². The highest BCUT2D eigenvalue weighted by molar-refractivity contribution is 5.80. The molecule has 11 heavy (non-hydrogen) atoms. The number of aliphatic carboxylic acids is 1. The molecule has 0 heterocycles. The molecule has 0 saturated heterocycles. The van der Waals surface area contributed by atoms with E-state index >= 15 is 0 Å². The first-order valence-electron chi connectivity index (χ1n) is 2.83. The fourth-order valence-corrected chi connectivity index (χ4v) is 0.428. The summed E-state index contributed by atoms with van der Waals surface area (Å²) >= 11 is 0. The third-order valence-electron chi connectivity index (χ3n) is 1.06. The topological polar surface area (TPSA) is 121 Å². The first-order chi connectivity index (χ1) is 4.95. The van der Waals surface area contributed by atoms with E-state index in [2.05, 4.69) is 5.73 Å². The number of carbonyl (C=O) groups excluding carboxylic acids is 1. The Kier molecular flexibility index (Phi) is 3.49. The lowest BCUT2D eigenvalue weighted by molar-refractivity contribution is -0.149. The number of nitrogens with two attached hydrogens (primary N) is 1. The zero-order valence-corrected chi connectivity index (χ0v) is 5.60. The number of aliphatic hydroxyl groups is 2. The number of carboxylic acids is 1. The SMILES string of the molecule is NC(=O)C(O)CC(O)C(=O)O. The summed E-state index contributed by atoms with van der Waals surface area (Å²) < 4.78 is 0. The summed E-state index contributed by atoms with van der Waals surface area (Å²) in [6, 6.07) is 0. The second-order valence-electron chi connectivity index (χ2n) is 2.01. The van der Waals surface area contributed by atoms with E-state index in [1.807, 2.05) is 0 Å². The molecule has 0 aromatic rings. The molecule has 0 aromatic carbocycles.